The number of amides is 1. The first kappa shape index (κ1) is 9.92. The van der Waals surface area contributed by atoms with E-state index in [4.69, 9.17) is 16.2 Å². The van der Waals surface area contributed by atoms with Crippen molar-refractivity contribution in [1.82, 2.24) is 4.98 Å². The highest BCUT2D eigenvalue weighted by Crippen LogP contribution is 2.27. The number of rotatable bonds is 4. The van der Waals surface area contributed by atoms with Gasteiger partial charge in [0.05, 0.1) is 11.8 Å². The van der Waals surface area contributed by atoms with Crippen LogP contribution in [0.4, 0.5) is 0 Å². The third kappa shape index (κ3) is 2.44. The summed E-state index contributed by atoms with van der Waals surface area (Å²) in [6.07, 6.45) is 2.40. The third-order valence-corrected chi connectivity index (χ3v) is 2.14. The van der Waals surface area contributed by atoms with Crippen molar-refractivity contribution >= 4 is 5.91 Å². The molecule has 0 radical (unpaired) electrons. The van der Waals surface area contributed by atoms with Gasteiger partial charge in [-0.3, -0.25) is 4.79 Å². The molecule has 0 unspecified atom stereocenters. The zero-order chi connectivity index (χ0) is 10.8. The van der Waals surface area contributed by atoms with Crippen molar-refractivity contribution in [2.75, 3.05) is 0 Å². The van der Waals surface area contributed by atoms with Gasteiger partial charge in [0, 0.05) is 18.7 Å². The monoisotopic (exact) mass is 207 g/mol. The Morgan fingerprint density at radius 1 is 1.53 bits per heavy atom. The van der Waals surface area contributed by atoms with Crippen LogP contribution >= 0.6 is 0 Å². The summed E-state index contributed by atoms with van der Waals surface area (Å²) in [7, 11) is 0. The maximum atomic E-state index is 11.0. The summed E-state index contributed by atoms with van der Waals surface area (Å²) in [6, 6.07) is 3.30. The zero-order valence-corrected chi connectivity index (χ0v) is 8.27. The summed E-state index contributed by atoms with van der Waals surface area (Å²) in [5, 5.41) is 0. The van der Waals surface area contributed by atoms with E-state index in [9.17, 15) is 4.79 Å². The van der Waals surface area contributed by atoms with Crippen LogP contribution in [0.5, 0.6) is 5.75 Å². The molecule has 0 bridgehead atoms. The minimum absolute atomic E-state index is 0.202. The van der Waals surface area contributed by atoms with Gasteiger partial charge in [0.2, 0.25) is 0 Å². The minimum atomic E-state index is -0.564. The van der Waals surface area contributed by atoms with E-state index in [0.29, 0.717) is 11.4 Å². The van der Waals surface area contributed by atoms with E-state index < -0.39 is 5.91 Å². The lowest BCUT2D eigenvalue weighted by Crippen LogP contribution is -2.15. The molecule has 2 rings (SSSR count). The van der Waals surface area contributed by atoms with E-state index >= 15 is 0 Å². The molecule has 1 fully saturated rings. The molecule has 1 aromatic heterocycles. The number of hydrogen-bond acceptors (Lipinski definition) is 4. The van der Waals surface area contributed by atoms with Crippen molar-refractivity contribution in [1.29, 1.82) is 0 Å². The van der Waals surface area contributed by atoms with Gasteiger partial charge in [0.25, 0.3) is 5.91 Å². The van der Waals surface area contributed by atoms with Crippen LogP contribution in [0, 0.1) is 0 Å². The number of nitrogens with zero attached hydrogens (tertiary/aromatic N) is 1. The quantitative estimate of drug-likeness (QED) is 0.736. The van der Waals surface area contributed by atoms with Crippen molar-refractivity contribution in [2.24, 2.45) is 11.5 Å². The van der Waals surface area contributed by atoms with Crippen molar-refractivity contribution in [3.05, 3.63) is 23.5 Å². The fourth-order valence-corrected chi connectivity index (χ4v) is 1.24. The molecular weight excluding hydrogens is 194 g/mol. The molecule has 0 aromatic carbocycles. The SMILES string of the molecule is NCc1cc(OC2CC2)cc(C(N)=O)n1. The molecule has 0 saturated heterocycles. The Balaban J connectivity index is 2.27. The second-order valence-corrected chi connectivity index (χ2v) is 3.57. The van der Waals surface area contributed by atoms with E-state index in [0.717, 1.165) is 12.8 Å². The van der Waals surface area contributed by atoms with Gasteiger partial charge in [-0.1, -0.05) is 0 Å². The number of ether oxygens (including phenoxy) is 1. The number of nitrogens with two attached hydrogens (primary N) is 2. The molecule has 4 N–H and O–H groups in total. The molecule has 1 heterocycles. The molecule has 15 heavy (non-hydrogen) atoms. The lowest BCUT2D eigenvalue weighted by molar-refractivity contribution is 0.0994. The molecule has 1 amide bonds. The van der Waals surface area contributed by atoms with E-state index in [1.807, 2.05) is 0 Å². The minimum Gasteiger partial charge on any atom is -0.490 e. The second-order valence-electron chi connectivity index (χ2n) is 3.57. The van der Waals surface area contributed by atoms with Gasteiger partial charge in [-0.2, -0.15) is 0 Å². The number of hydrogen-bond donors (Lipinski definition) is 2. The first-order valence-electron chi connectivity index (χ1n) is 4.86. The number of carbonyl (C=O) groups excluding carboxylic acids is 1. The van der Waals surface area contributed by atoms with E-state index in [-0.39, 0.29) is 18.3 Å². The van der Waals surface area contributed by atoms with Crippen LogP contribution in [0.25, 0.3) is 0 Å². The predicted octanol–water partition coefficient (Wildman–Crippen LogP) is 0.180. The highest BCUT2D eigenvalue weighted by Gasteiger charge is 2.24. The van der Waals surface area contributed by atoms with Crippen LogP contribution in [0.3, 0.4) is 0 Å². The third-order valence-electron chi connectivity index (χ3n) is 2.14. The Bertz CT molecular complexity index is 388. The summed E-state index contributed by atoms with van der Waals surface area (Å²) in [5.74, 6) is 0.0627. The topological polar surface area (TPSA) is 91.2 Å². The van der Waals surface area contributed by atoms with E-state index in [1.165, 1.54) is 0 Å². The first-order chi connectivity index (χ1) is 7.19. The normalized spacial score (nSPS) is 15.0. The Labute approximate surface area is 87.4 Å². The molecule has 0 aliphatic heterocycles. The van der Waals surface area contributed by atoms with Gasteiger partial charge in [-0.25, -0.2) is 4.98 Å². The van der Waals surface area contributed by atoms with E-state index in [2.05, 4.69) is 4.98 Å². The molecule has 1 aliphatic carbocycles. The van der Waals surface area contributed by atoms with Crippen LogP contribution in [0.15, 0.2) is 12.1 Å². The van der Waals surface area contributed by atoms with Crippen molar-refractivity contribution in [3.63, 3.8) is 0 Å². The number of primary amides is 1. The summed E-state index contributed by atoms with van der Waals surface area (Å²) in [4.78, 5) is 15.0. The molecule has 5 nitrogen and oxygen atoms in total. The maximum absolute atomic E-state index is 11.0. The van der Waals surface area contributed by atoms with Gasteiger partial charge in [0.15, 0.2) is 0 Å². The summed E-state index contributed by atoms with van der Waals surface area (Å²) >= 11 is 0. The average Bonchev–Trinajstić information content (AvgIpc) is 3.01. The molecule has 0 spiro atoms. The van der Waals surface area contributed by atoms with Gasteiger partial charge in [-0.05, 0) is 12.8 Å². The Kier molecular flexibility index (Phi) is 2.55. The Hall–Kier alpha value is -1.62. The molecule has 80 valence electrons. The number of pyridine rings is 1. The summed E-state index contributed by atoms with van der Waals surface area (Å²) in [5.41, 5.74) is 11.4. The predicted molar refractivity (Wildman–Crippen MR) is 54.3 cm³/mol. The lowest BCUT2D eigenvalue weighted by atomic mass is 10.2. The van der Waals surface area contributed by atoms with Gasteiger partial charge < -0.3 is 16.2 Å². The highest BCUT2D eigenvalue weighted by atomic mass is 16.5. The van der Waals surface area contributed by atoms with E-state index in [1.54, 1.807) is 12.1 Å². The van der Waals surface area contributed by atoms with Crippen LogP contribution in [0.1, 0.15) is 29.0 Å². The van der Waals surface area contributed by atoms with Gasteiger partial charge in [0.1, 0.15) is 11.4 Å². The maximum Gasteiger partial charge on any atom is 0.267 e. The Morgan fingerprint density at radius 2 is 2.27 bits per heavy atom. The fraction of sp³-hybridized carbons (Fsp3) is 0.400. The van der Waals surface area contributed by atoms with Crippen LogP contribution in [-0.2, 0) is 6.54 Å². The zero-order valence-electron chi connectivity index (χ0n) is 8.27. The largest absolute Gasteiger partial charge is 0.490 e. The van der Waals surface area contributed by atoms with Gasteiger partial charge >= 0.3 is 0 Å². The molecule has 5 heteroatoms. The standard InChI is InChI=1S/C10H13N3O2/c11-5-6-3-8(15-7-1-2-7)4-9(13-6)10(12)14/h3-4,7H,1-2,5,11H2,(H2,12,14). The van der Waals surface area contributed by atoms with Crippen molar-refractivity contribution in [3.8, 4) is 5.75 Å². The average molecular weight is 207 g/mol. The number of carbonyl (C=O) groups is 1. The van der Waals surface area contributed by atoms with Crippen molar-refractivity contribution < 1.29 is 9.53 Å². The smallest absolute Gasteiger partial charge is 0.267 e. The van der Waals surface area contributed by atoms with Gasteiger partial charge in [-0.15, -0.1) is 0 Å². The fourth-order valence-electron chi connectivity index (χ4n) is 1.24. The Morgan fingerprint density at radius 3 is 2.80 bits per heavy atom. The molecule has 1 aromatic rings. The summed E-state index contributed by atoms with van der Waals surface area (Å²) < 4.78 is 5.56. The molecule has 0 atom stereocenters. The van der Waals surface area contributed by atoms with Crippen molar-refractivity contribution in [2.45, 2.75) is 25.5 Å². The first-order valence-corrected chi connectivity index (χ1v) is 4.86. The van der Waals surface area contributed by atoms with Crippen LogP contribution in [0.2, 0.25) is 0 Å². The molecular formula is C10H13N3O2. The summed E-state index contributed by atoms with van der Waals surface area (Å²) in [6.45, 7) is 0.266. The molecule has 1 saturated carbocycles. The highest BCUT2D eigenvalue weighted by molar-refractivity contribution is 5.91. The van der Waals surface area contributed by atoms with Crippen LogP contribution < -0.4 is 16.2 Å². The molecule has 1 aliphatic rings. The number of aromatic nitrogens is 1. The second kappa shape index (κ2) is 3.86. The lowest BCUT2D eigenvalue weighted by Gasteiger charge is -2.07. The van der Waals surface area contributed by atoms with Crippen LogP contribution in [-0.4, -0.2) is 17.0 Å².